The molecule has 0 unspecified atom stereocenters. The maximum Gasteiger partial charge on any atom is 0.293 e. The van der Waals surface area contributed by atoms with Gasteiger partial charge >= 0.3 is 0 Å². The smallest absolute Gasteiger partial charge is 0.293 e. The van der Waals surface area contributed by atoms with Crippen LogP contribution in [0.2, 0.25) is 0 Å². The Bertz CT molecular complexity index is 388. The van der Waals surface area contributed by atoms with Crippen molar-refractivity contribution in [3.05, 3.63) is 0 Å². The van der Waals surface area contributed by atoms with Gasteiger partial charge in [-0.3, -0.25) is 14.4 Å². The SMILES string of the molecule is C#CCCC(=O)NCCCCCNC(=O)CCC#C.CCOC=O. The third kappa shape index (κ3) is 21.8. The summed E-state index contributed by atoms with van der Waals surface area (Å²) >= 11 is 0. The highest BCUT2D eigenvalue weighted by atomic mass is 16.5. The summed E-state index contributed by atoms with van der Waals surface area (Å²) in [4.78, 5) is 31.6. The third-order valence-corrected chi connectivity index (χ3v) is 2.73. The van der Waals surface area contributed by atoms with Crippen molar-refractivity contribution in [3.63, 3.8) is 0 Å². The molecule has 0 aliphatic heterocycles. The van der Waals surface area contributed by atoms with Gasteiger partial charge in [-0.15, -0.1) is 24.7 Å². The maximum absolute atomic E-state index is 11.2. The first-order chi connectivity index (χ1) is 11.6. The van der Waals surface area contributed by atoms with Gasteiger partial charge in [0.1, 0.15) is 0 Å². The predicted molar refractivity (Wildman–Crippen MR) is 93.7 cm³/mol. The Morgan fingerprint density at radius 1 is 0.958 bits per heavy atom. The Morgan fingerprint density at radius 3 is 1.71 bits per heavy atom. The van der Waals surface area contributed by atoms with Gasteiger partial charge in [0.15, 0.2) is 0 Å². The van der Waals surface area contributed by atoms with Gasteiger partial charge < -0.3 is 15.4 Å². The Balaban J connectivity index is 0. The van der Waals surface area contributed by atoms with Gasteiger partial charge in [-0.25, -0.2) is 0 Å². The van der Waals surface area contributed by atoms with Crippen LogP contribution in [-0.4, -0.2) is 38.0 Å². The zero-order chi connectivity index (χ0) is 18.5. The van der Waals surface area contributed by atoms with Crippen LogP contribution in [0.3, 0.4) is 0 Å². The van der Waals surface area contributed by atoms with Crippen LogP contribution >= 0.6 is 0 Å². The molecule has 2 N–H and O–H groups in total. The van der Waals surface area contributed by atoms with E-state index >= 15 is 0 Å². The molecule has 0 bridgehead atoms. The largest absolute Gasteiger partial charge is 0.468 e. The molecular formula is C18H28N2O4. The third-order valence-electron chi connectivity index (χ3n) is 2.73. The monoisotopic (exact) mass is 336 g/mol. The van der Waals surface area contributed by atoms with Crippen molar-refractivity contribution >= 4 is 18.3 Å². The number of ether oxygens (including phenoxy) is 1. The number of unbranched alkanes of at least 4 members (excludes halogenated alkanes) is 2. The predicted octanol–water partition coefficient (Wildman–Crippen LogP) is 1.40. The van der Waals surface area contributed by atoms with Crippen LogP contribution in [0, 0.1) is 24.7 Å². The van der Waals surface area contributed by atoms with E-state index in [4.69, 9.17) is 12.8 Å². The topological polar surface area (TPSA) is 84.5 Å². The van der Waals surface area contributed by atoms with E-state index in [0.29, 0.717) is 51.9 Å². The lowest BCUT2D eigenvalue weighted by Gasteiger charge is -2.05. The number of hydrogen-bond donors (Lipinski definition) is 2. The zero-order valence-corrected chi connectivity index (χ0v) is 14.4. The molecule has 0 saturated heterocycles. The number of rotatable bonds is 12. The fourth-order valence-corrected chi connectivity index (χ4v) is 1.50. The molecule has 0 aromatic carbocycles. The number of amides is 2. The number of carbonyl (C=O) groups is 3. The molecule has 0 atom stereocenters. The molecule has 24 heavy (non-hydrogen) atoms. The summed E-state index contributed by atoms with van der Waals surface area (Å²) in [6, 6.07) is 0. The van der Waals surface area contributed by atoms with Gasteiger partial charge in [-0.05, 0) is 26.2 Å². The standard InChI is InChI=1S/C15H22N2O2.C3H6O2/c1-3-5-10-14(18)16-12-8-7-9-13-17-15(19)11-6-4-2;1-2-5-3-4/h1-2H,5-13H2,(H,16,18)(H,17,19);3H,2H2,1H3. The highest BCUT2D eigenvalue weighted by molar-refractivity contribution is 5.76. The molecule has 6 nitrogen and oxygen atoms in total. The second-order valence-electron chi connectivity index (χ2n) is 4.72. The Morgan fingerprint density at radius 2 is 1.42 bits per heavy atom. The minimum absolute atomic E-state index is 0.000498. The molecule has 0 spiro atoms. The van der Waals surface area contributed by atoms with Crippen LogP contribution in [0.1, 0.15) is 51.9 Å². The van der Waals surface area contributed by atoms with E-state index in [9.17, 15) is 14.4 Å². The Hall–Kier alpha value is -2.47. The minimum atomic E-state index is 0.000498. The number of terminal acetylenes is 2. The molecule has 0 aliphatic carbocycles. The summed E-state index contributed by atoms with van der Waals surface area (Å²) in [6.07, 6.45) is 14.6. The van der Waals surface area contributed by atoms with Gasteiger partial charge in [0.05, 0.1) is 6.61 Å². The second kappa shape index (κ2) is 20.5. The number of hydrogen-bond acceptors (Lipinski definition) is 4. The van der Waals surface area contributed by atoms with Crippen molar-refractivity contribution in [2.75, 3.05) is 19.7 Å². The van der Waals surface area contributed by atoms with Crippen molar-refractivity contribution in [3.8, 4) is 24.7 Å². The molecule has 0 aromatic heterocycles. The van der Waals surface area contributed by atoms with Gasteiger partial charge in [0.25, 0.3) is 6.47 Å². The van der Waals surface area contributed by atoms with Crippen molar-refractivity contribution in [1.29, 1.82) is 0 Å². The average molecular weight is 336 g/mol. The van der Waals surface area contributed by atoms with Gasteiger partial charge in [-0.2, -0.15) is 0 Å². The van der Waals surface area contributed by atoms with E-state index in [1.165, 1.54) is 0 Å². The summed E-state index contributed by atoms with van der Waals surface area (Å²) in [5.74, 6) is 4.86. The van der Waals surface area contributed by atoms with Crippen molar-refractivity contribution in [1.82, 2.24) is 10.6 Å². The van der Waals surface area contributed by atoms with Crippen LogP contribution < -0.4 is 10.6 Å². The molecule has 6 heteroatoms. The summed E-state index contributed by atoms with van der Waals surface area (Å²) < 4.78 is 4.15. The van der Waals surface area contributed by atoms with E-state index in [1.807, 2.05) is 0 Å². The molecule has 0 aliphatic rings. The van der Waals surface area contributed by atoms with E-state index in [1.54, 1.807) is 6.92 Å². The second-order valence-corrected chi connectivity index (χ2v) is 4.72. The summed E-state index contributed by atoms with van der Waals surface area (Å²) in [6.45, 7) is 3.99. The molecule has 0 fully saturated rings. The van der Waals surface area contributed by atoms with E-state index in [2.05, 4.69) is 27.2 Å². The molecule has 0 aromatic rings. The van der Waals surface area contributed by atoms with Crippen LogP contribution in [-0.2, 0) is 19.1 Å². The summed E-state index contributed by atoms with van der Waals surface area (Å²) in [5.41, 5.74) is 0. The lowest BCUT2D eigenvalue weighted by atomic mass is 10.2. The normalized spacial score (nSPS) is 8.62. The molecule has 0 saturated carbocycles. The van der Waals surface area contributed by atoms with Crippen LogP contribution in [0.4, 0.5) is 0 Å². The Labute approximate surface area is 145 Å². The van der Waals surface area contributed by atoms with Crippen molar-refractivity contribution in [2.45, 2.75) is 51.9 Å². The highest BCUT2D eigenvalue weighted by Crippen LogP contribution is 1.94. The molecule has 0 rings (SSSR count). The van der Waals surface area contributed by atoms with Gasteiger partial charge in [0.2, 0.25) is 11.8 Å². The summed E-state index contributed by atoms with van der Waals surface area (Å²) in [7, 11) is 0. The minimum Gasteiger partial charge on any atom is -0.468 e. The first kappa shape index (κ1) is 23.8. The quantitative estimate of drug-likeness (QED) is 0.320. The van der Waals surface area contributed by atoms with Crippen molar-refractivity contribution < 1.29 is 19.1 Å². The van der Waals surface area contributed by atoms with Crippen LogP contribution in [0.25, 0.3) is 0 Å². The summed E-state index contributed by atoms with van der Waals surface area (Å²) in [5, 5.41) is 5.60. The van der Waals surface area contributed by atoms with Crippen LogP contribution in [0.5, 0.6) is 0 Å². The average Bonchev–Trinajstić information content (AvgIpc) is 2.58. The fourth-order valence-electron chi connectivity index (χ4n) is 1.50. The molecule has 0 radical (unpaired) electrons. The molecule has 134 valence electrons. The highest BCUT2D eigenvalue weighted by Gasteiger charge is 2.00. The first-order valence-electron chi connectivity index (χ1n) is 8.07. The Kier molecular flexibility index (Phi) is 20.4. The van der Waals surface area contributed by atoms with Crippen molar-refractivity contribution in [2.24, 2.45) is 0 Å². The number of carbonyl (C=O) groups excluding carboxylic acids is 3. The molecular weight excluding hydrogens is 308 g/mol. The van der Waals surface area contributed by atoms with Gasteiger partial charge in [0, 0.05) is 38.8 Å². The molecule has 0 heterocycles. The van der Waals surface area contributed by atoms with E-state index in [-0.39, 0.29) is 11.8 Å². The lowest BCUT2D eigenvalue weighted by molar-refractivity contribution is -0.128. The zero-order valence-electron chi connectivity index (χ0n) is 14.4. The lowest BCUT2D eigenvalue weighted by Crippen LogP contribution is -2.25. The maximum atomic E-state index is 11.2. The number of nitrogens with one attached hydrogen (secondary N) is 2. The van der Waals surface area contributed by atoms with Gasteiger partial charge in [-0.1, -0.05) is 0 Å². The fraction of sp³-hybridized carbons (Fsp3) is 0.611. The van der Waals surface area contributed by atoms with Crippen LogP contribution in [0.15, 0.2) is 0 Å². The molecule has 2 amide bonds. The first-order valence-corrected chi connectivity index (χ1v) is 8.07. The van der Waals surface area contributed by atoms with E-state index in [0.717, 1.165) is 19.3 Å². The van der Waals surface area contributed by atoms with E-state index < -0.39 is 0 Å².